The van der Waals surface area contributed by atoms with Crippen LogP contribution in [0.5, 0.6) is 0 Å². The number of guanidine groups is 1. The van der Waals surface area contributed by atoms with E-state index in [0.717, 1.165) is 19.0 Å². The van der Waals surface area contributed by atoms with Crippen molar-refractivity contribution in [1.82, 2.24) is 15.5 Å². The van der Waals surface area contributed by atoms with Gasteiger partial charge in [-0.1, -0.05) is 13.8 Å². The van der Waals surface area contributed by atoms with Crippen molar-refractivity contribution in [1.29, 1.82) is 0 Å². The molecule has 0 aromatic heterocycles. The molecule has 0 aromatic carbocycles. The standard InChI is InChI=1S/C16H32N4O.HI/c1-7-16(8-2)9-10-20(12-16)14(17-6)18-11-13(21)19-15(3,4)5;/h7-12H2,1-6H3,(H,17,18)(H,19,21);1H. The van der Waals surface area contributed by atoms with Crippen LogP contribution in [0.25, 0.3) is 0 Å². The Balaban J connectivity index is 0.00000441. The molecule has 1 saturated heterocycles. The van der Waals surface area contributed by atoms with Crippen molar-refractivity contribution in [2.75, 3.05) is 26.7 Å². The summed E-state index contributed by atoms with van der Waals surface area (Å²) in [6.07, 6.45) is 3.60. The van der Waals surface area contributed by atoms with Gasteiger partial charge in [-0.2, -0.15) is 0 Å². The molecule has 6 heteroatoms. The Kier molecular flexibility index (Phi) is 8.72. The second-order valence-electron chi connectivity index (χ2n) is 7.08. The van der Waals surface area contributed by atoms with E-state index >= 15 is 0 Å². The number of carbonyl (C=O) groups is 1. The molecule has 5 nitrogen and oxygen atoms in total. The van der Waals surface area contributed by atoms with Crippen LogP contribution in [0, 0.1) is 5.41 Å². The highest BCUT2D eigenvalue weighted by molar-refractivity contribution is 14.0. The van der Waals surface area contributed by atoms with Crippen LogP contribution < -0.4 is 10.6 Å². The van der Waals surface area contributed by atoms with Crippen molar-refractivity contribution >= 4 is 35.8 Å². The first-order valence-corrected chi connectivity index (χ1v) is 8.02. The molecule has 0 aliphatic carbocycles. The molecule has 1 aliphatic heterocycles. The van der Waals surface area contributed by atoms with Crippen LogP contribution in [-0.4, -0.2) is 49.0 Å². The van der Waals surface area contributed by atoms with Gasteiger partial charge in [-0.05, 0) is 45.4 Å². The Hall–Kier alpha value is -0.530. The molecule has 1 aliphatic rings. The number of amides is 1. The lowest BCUT2D eigenvalue weighted by Crippen LogP contribution is -2.49. The maximum absolute atomic E-state index is 11.9. The van der Waals surface area contributed by atoms with Crippen molar-refractivity contribution in [3.8, 4) is 0 Å². The number of nitrogens with zero attached hydrogens (tertiary/aromatic N) is 2. The van der Waals surface area contributed by atoms with Crippen molar-refractivity contribution in [2.45, 2.75) is 59.4 Å². The maximum Gasteiger partial charge on any atom is 0.239 e. The summed E-state index contributed by atoms with van der Waals surface area (Å²) < 4.78 is 0. The van der Waals surface area contributed by atoms with Gasteiger partial charge in [-0.15, -0.1) is 24.0 Å². The van der Waals surface area contributed by atoms with Crippen LogP contribution in [0.3, 0.4) is 0 Å². The van der Waals surface area contributed by atoms with E-state index < -0.39 is 0 Å². The predicted molar refractivity (Wildman–Crippen MR) is 104 cm³/mol. The lowest BCUT2D eigenvalue weighted by atomic mass is 9.82. The largest absolute Gasteiger partial charge is 0.350 e. The van der Waals surface area contributed by atoms with Crippen LogP contribution in [0.15, 0.2) is 4.99 Å². The van der Waals surface area contributed by atoms with Gasteiger partial charge in [0.25, 0.3) is 0 Å². The SMILES string of the molecule is CCC1(CC)CCN(C(=NC)NCC(=O)NC(C)(C)C)C1.I. The van der Waals surface area contributed by atoms with Gasteiger partial charge in [-0.25, -0.2) is 0 Å². The number of nitrogens with one attached hydrogen (secondary N) is 2. The number of aliphatic imine (C=N–C) groups is 1. The monoisotopic (exact) mass is 424 g/mol. The molecular weight excluding hydrogens is 391 g/mol. The highest BCUT2D eigenvalue weighted by Crippen LogP contribution is 2.36. The Labute approximate surface area is 152 Å². The minimum atomic E-state index is -0.199. The molecule has 2 N–H and O–H groups in total. The average molecular weight is 424 g/mol. The van der Waals surface area contributed by atoms with E-state index in [1.807, 2.05) is 20.8 Å². The van der Waals surface area contributed by atoms with Gasteiger partial charge in [0.15, 0.2) is 5.96 Å². The van der Waals surface area contributed by atoms with E-state index in [1.54, 1.807) is 7.05 Å². The third kappa shape index (κ3) is 6.30. The summed E-state index contributed by atoms with van der Waals surface area (Å²) >= 11 is 0. The number of hydrogen-bond acceptors (Lipinski definition) is 2. The summed E-state index contributed by atoms with van der Waals surface area (Å²) in [4.78, 5) is 18.5. The van der Waals surface area contributed by atoms with Crippen LogP contribution in [0.2, 0.25) is 0 Å². The number of hydrogen-bond donors (Lipinski definition) is 2. The highest BCUT2D eigenvalue weighted by atomic mass is 127. The molecule has 1 rings (SSSR count). The van der Waals surface area contributed by atoms with Crippen molar-refractivity contribution < 1.29 is 4.79 Å². The fourth-order valence-electron chi connectivity index (χ4n) is 2.90. The topological polar surface area (TPSA) is 56.7 Å². The van der Waals surface area contributed by atoms with Gasteiger partial charge < -0.3 is 15.5 Å². The molecule has 0 aromatic rings. The zero-order valence-electron chi connectivity index (χ0n) is 15.0. The Morgan fingerprint density at radius 2 is 1.86 bits per heavy atom. The molecule has 1 heterocycles. The number of rotatable bonds is 4. The van der Waals surface area contributed by atoms with Crippen LogP contribution in [-0.2, 0) is 4.79 Å². The Morgan fingerprint density at radius 3 is 2.27 bits per heavy atom. The molecule has 0 saturated carbocycles. The summed E-state index contributed by atoms with van der Waals surface area (Å²) in [5, 5.41) is 6.14. The normalized spacial score (nSPS) is 17.9. The van der Waals surface area contributed by atoms with Gasteiger partial charge >= 0.3 is 0 Å². The molecule has 0 bridgehead atoms. The summed E-state index contributed by atoms with van der Waals surface area (Å²) in [7, 11) is 1.78. The maximum atomic E-state index is 11.9. The zero-order valence-corrected chi connectivity index (χ0v) is 17.3. The molecule has 1 fully saturated rings. The summed E-state index contributed by atoms with van der Waals surface area (Å²) in [5.74, 6) is 0.836. The van der Waals surface area contributed by atoms with Gasteiger partial charge in [0, 0.05) is 25.7 Å². The van der Waals surface area contributed by atoms with Gasteiger partial charge in [0.2, 0.25) is 5.91 Å². The first-order chi connectivity index (χ1) is 9.75. The molecule has 0 unspecified atom stereocenters. The molecule has 0 radical (unpaired) electrons. The molecule has 0 spiro atoms. The number of halogens is 1. The Morgan fingerprint density at radius 1 is 1.27 bits per heavy atom. The minimum Gasteiger partial charge on any atom is -0.350 e. The third-order valence-electron chi connectivity index (χ3n) is 4.37. The van der Waals surface area contributed by atoms with Crippen LogP contribution in [0.4, 0.5) is 0 Å². The summed E-state index contributed by atoms with van der Waals surface area (Å²) in [6.45, 7) is 12.8. The van der Waals surface area contributed by atoms with E-state index in [2.05, 4.69) is 34.4 Å². The van der Waals surface area contributed by atoms with E-state index in [1.165, 1.54) is 19.3 Å². The molecule has 1 amide bonds. The number of likely N-dealkylation sites (tertiary alicyclic amines) is 1. The van der Waals surface area contributed by atoms with E-state index in [4.69, 9.17) is 0 Å². The van der Waals surface area contributed by atoms with Gasteiger partial charge in [-0.3, -0.25) is 9.79 Å². The summed E-state index contributed by atoms with van der Waals surface area (Å²) in [5.41, 5.74) is 0.209. The quantitative estimate of drug-likeness (QED) is 0.415. The smallest absolute Gasteiger partial charge is 0.239 e. The van der Waals surface area contributed by atoms with Gasteiger partial charge in [0.1, 0.15) is 0 Å². The van der Waals surface area contributed by atoms with E-state index in [-0.39, 0.29) is 42.0 Å². The first-order valence-electron chi connectivity index (χ1n) is 8.02. The van der Waals surface area contributed by atoms with Crippen molar-refractivity contribution in [2.24, 2.45) is 10.4 Å². The molecule has 0 atom stereocenters. The first kappa shape index (κ1) is 21.5. The average Bonchev–Trinajstić information content (AvgIpc) is 2.82. The fraction of sp³-hybridized carbons (Fsp3) is 0.875. The minimum absolute atomic E-state index is 0. The predicted octanol–water partition coefficient (Wildman–Crippen LogP) is 2.61. The molecule has 22 heavy (non-hydrogen) atoms. The lowest BCUT2D eigenvalue weighted by molar-refractivity contribution is -0.121. The second kappa shape index (κ2) is 8.93. The highest BCUT2D eigenvalue weighted by Gasteiger charge is 2.36. The van der Waals surface area contributed by atoms with E-state index in [0.29, 0.717) is 5.41 Å². The van der Waals surface area contributed by atoms with E-state index in [9.17, 15) is 4.79 Å². The van der Waals surface area contributed by atoms with Crippen LogP contribution >= 0.6 is 24.0 Å². The van der Waals surface area contributed by atoms with Crippen LogP contribution in [0.1, 0.15) is 53.9 Å². The van der Waals surface area contributed by atoms with Crippen molar-refractivity contribution in [3.63, 3.8) is 0 Å². The fourth-order valence-corrected chi connectivity index (χ4v) is 2.90. The van der Waals surface area contributed by atoms with Crippen molar-refractivity contribution in [3.05, 3.63) is 0 Å². The number of carbonyl (C=O) groups excluding carboxylic acids is 1. The molecular formula is C16H33IN4O. The third-order valence-corrected chi connectivity index (χ3v) is 4.37. The van der Waals surface area contributed by atoms with Gasteiger partial charge in [0.05, 0.1) is 6.54 Å². The Bertz CT molecular complexity index is 386. The second-order valence-corrected chi connectivity index (χ2v) is 7.08. The zero-order chi connectivity index (χ0) is 16.1. The summed E-state index contributed by atoms with van der Waals surface area (Å²) in [6, 6.07) is 0. The molecule has 130 valence electrons. The lowest BCUT2D eigenvalue weighted by Gasteiger charge is -2.28.